The van der Waals surface area contributed by atoms with Gasteiger partial charge in [-0.05, 0) is 12.0 Å². The van der Waals surface area contributed by atoms with Crippen molar-refractivity contribution in [3.63, 3.8) is 0 Å². The van der Waals surface area contributed by atoms with Crippen LogP contribution in [0.3, 0.4) is 0 Å². The third-order valence-corrected chi connectivity index (χ3v) is 1.72. The highest BCUT2D eigenvalue weighted by Crippen LogP contribution is 2.02. The highest BCUT2D eigenvalue weighted by molar-refractivity contribution is 7.98. The Bertz CT molecular complexity index is 136. The van der Waals surface area contributed by atoms with Crippen LogP contribution >= 0.6 is 11.8 Å². The first kappa shape index (κ1) is 10.5. The first-order valence-electron chi connectivity index (χ1n) is 3.32. The highest BCUT2D eigenvalue weighted by atomic mass is 32.2. The van der Waals surface area contributed by atoms with Gasteiger partial charge in [0.2, 0.25) is 0 Å². The largest absolute Gasteiger partial charge is 0.455 e. The molecule has 1 atom stereocenters. The van der Waals surface area contributed by atoms with E-state index < -0.39 is 12.1 Å². The van der Waals surface area contributed by atoms with Crippen LogP contribution in [-0.2, 0) is 14.3 Å². The monoisotopic (exact) mass is 176 g/mol. The maximum absolute atomic E-state index is 10.4. The van der Waals surface area contributed by atoms with E-state index in [4.69, 9.17) is 0 Å². The van der Waals surface area contributed by atoms with Crippen molar-refractivity contribution in [1.29, 1.82) is 0 Å². The summed E-state index contributed by atoms with van der Waals surface area (Å²) >= 11 is 1.62. The van der Waals surface area contributed by atoms with Crippen molar-refractivity contribution in [2.45, 2.75) is 19.4 Å². The molecule has 0 heterocycles. The summed E-state index contributed by atoms with van der Waals surface area (Å²) in [4.78, 5) is 20.6. The molecule has 3 nitrogen and oxygen atoms in total. The van der Waals surface area contributed by atoms with E-state index in [2.05, 4.69) is 4.74 Å². The summed E-state index contributed by atoms with van der Waals surface area (Å²) in [6.07, 6.45) is 2.65. The number of hydrogen-bond acceptors (Lipinski definition) is 4. The molecule has 0 radical (unpaired) electrons. The zero-order chi connectivity index (χ0) is 8.69. The van der Waals surface area contributed by atoms with Gasteiger partial charge in [0, 0.05) is 13.3 Å². The molecule has 0 N–H and O–H groups in total. The Kier molecular flexibility index (Phi) is 5.93. The fraction of sp³-hybridized carbons (Fsp3) is 0.714. The van der Waals surface area contributed by atoms with Crippen molar-refractivity contribution >= 4 is 24.0 Å². The van der Waals surface area contributed by atoms with E-state index in [1.165, 1.54) is 6.92 Å². The maximum atomic E-state index is 10.4. The SMILES string of the molecule is CSCCC(C=O)OC(C)=O. The quantitative estimate of drug-likeness (QED) is 0.460. The van der Waals surface area contributed by atoms with E-state index in [0.29, 0.717) is 12.7 Å². The number of hydrogen-bond donors (Lipinski definition) is 0. The van der Waals surface area contributed by atoms with Crippen molar-refractivity contribution < 1.29 is 14.3 Å². The molecule has 0 amide bonds. The van der Waals surface area contributed by atoms with Gasteiger partial charge in [-0.1, -0.05) is 0 Å². The topological polar surface area (TPSA) is 43.4 Å². The van der Waals surface area contributed by atoms with Gasteiger partial charge in [-0.25, -0.2) is 0 Å². The first-order valence-corrected chi connectivity index (χ1v) is 4.71. The predicted molar refractivity (Wildman–Crippen MR) is 44.6 cm³/mol. The van der Waals surface area contributed by atoms with Crippen molar-refractivity contribution in [1.82, 2.24) is 0 Å². The van der Waals surface area contributed by atoms with Gasteiger partial charge in [0.05, 0.1) is 0 Å². The second-order valence-corrected chi connectivity index (χ2v) is 3.05. The minimum Gasteiger partial charge on any atom is -0.455 e. The lowest BCUT2D eigenvalue weighted by molar-refractivity contribution is -0.149. The average molecular weight is 176 g/mol. The first-order chi connectivity index (χ1) is 5.20. The van der Waals surface area contributed by atoms with Crippen molar-refractivity contribution in [2.75, 3.05) is 12.0 Å². The Hall–Kier alpha value is -0.510. The number of carbonyl (C=O) groups is 2. The Labute approximate surface area is 70.5 Å². The van der Waals surface area contributed by atoms with Gasteiger partial charge >= 0.3 is 5.97 Å². The van der Waals surface area contributed by atoms with Crippen LogP contribution in [-0.4, -0.2) is 30.4 Å². The van der Waals surface area contributed by atoms with Crippen LogP contribution in [0.25, 0.3) is 0 Å². The third kappa shape index (κ3) is 5.91. The molecular weight excluding hydrogens is 164 g/mol. The Morgan fingerprint density at radius 3 is 2.73 bits per heavy atom. The lowest BCUT2D eigenvalue weighted by Crippen LogP contribution is -2.18. The molecule has 0 fully saturated rings. The van der Waals surface area contributed by atoms with E-state index in [0.717, 1.165) is 5.75 Å². The molecule has 0 bridgehead atoms. The molecule has 0 aliphatic rings. The summed E-state index contributed by atoms with van der Waals surface area (Å²) in [6.45, 7) is 1.30. The Balaban J connectivity index is 3.57. The van der Waals surface area contributed by atoms with E-state index >= 15 is 0 Å². The minimum atomic E-state index is -0.556. The molecule has 0 aromatic rings. The smallest absolute Gasteiger partial charge is 0.303 e. The molecule has 0 aliphatic carbocycles. The second kappa shape index (κ2) is 6.22. The molecule has 0 saturated heterocycles. The number of ether oxygens (including phenoxy) is 1. The van der Waals surface area contributed by atoms with Crippen LogP contribution in [0, 0.1) is 0 Å². The molecule has 0 spiro atoms. The molecule has 0 aromatic heterocycles. The normalized spacial score (nSPS) is 12.2. The Morgan fingerprint density at radius 1 is 1.73 bits per heavy atom. The van der Waals surface area contributed by atoms with Crippen LogP contribution in [0.4, 0.5) is 0 Å². The predicted octanol–water partition coefficient (Wildman–Crippen LogP) is 0.870. The summed E-state index contributed by atoms with van der Waals surface area (Å²) in [7, 11) is 0. The van der Waals surface area contributed by atoms with Gasteiger partial charge in [-0.15, -0.1) is 0 Å². The molecule has 11 heavy (non-hydrogen) atoms. The lowest BCUT2D eigenvalue weighted by Gasteiger charge is -2.08. The van der Waals surface area contributed by atoms with Crippen LogP contribution in [0.2, 0.25) is 0 Å². The van der Waals surface area contributed by atoms with Crippen LogP contribution < -0.4 is 0 Å². The lowest BCUT2D eigenvalue weighted by atomic mass is 10.3. The Morgan fingerprint density at radius 2 is 2.36 bits per heavy atom. The van der Waals surface area contributed by atoms with Gasteiger partial charge in [0.15, 0.2) is 12.4 Å². The third-order valence-electron chi connectivity index (χ3n) is 1.08. The summed E-state index contributed by atoms with van der Waals surface area (Å²) < 4.78 is 4.68. The molecule has 1 unspecified atom stereocenters. The molecule has 0 rings (SSSR count). The number of carbonyl (C=O) groups excluding carboxylic acids is 2. The zero-order valence-electron chi connectivity index (χ0n) is 6.70. The molecule has 0 saturated carbocycles. The van der Waals surface area contributed by atoms with E-state index in [1.807, 2.05) is 6.26 Å². The standard InChI is InChI=1S/C7H12O3S/c1-6(9)10-7(5-8)3-4-11-2/h5,7H,3-4H2,1-2H3. The van der Waals surface area contributed by atoms with Crippen molar-refractivity contribution in [2.24, 2.45) is 0 Å². The van der Waals surface area contributed by atoms with Crippen molar-refractivity contribution in [3.8, 4) is 0 Å². The second-order valence-electron chi connectivity index (χ2n) is 2.07. The number of thioether (sulfide) groups is 1. The zero-order valence-corrected chi connectivity index (χ0v) is 7.52. The van der Waals surface area contributed by atoms with Gasteiger partial charge in [0.1, 0.15) is 0 Å². The molecule has 0 aliphatic heterocycles. The van der Waals surface area contributed by atoms with Gasteiger partial charge in [-0.3, -0.25) is 9.59 Å². The van der Waals surface area contributed by atoms with E-state index in [9.17, 15) is 9.59 Å². The fourth-order valence-electron chi connectivity index (χ4n) is 0.602. The van der Waals surface area contributed by atoms with E-state index in [-0.39, 0.29) is 0 Å². The van der Waals surface area contributed by atoms with Crippen molar-refractivity contribution in [3.05, 3.63) is 0 Å². The minimum absolute atomic E-state index is 0.400. The summed E-state index contributed by atoms with van der Waals surface area (Å²) in [5, 5.41) is 0. The summed E-state index contributed by atoms with van der Waals surface area (Å²) in [5.74, 6) is 0.430. The van der Waals surface area contributed by atoms with Crippen LogP contribution in [0.1, 0.15) is 13.3 Å². The summed E-state index contributed by atoms with van der Waals surface area (Å²) in [6, 6.07) is 0. The molecule has 4 heteroatoms. The number of rotatable bonds is 5. The van der Waals surface area contributed by atoms with E-state index in [1.54, 1.807) is 11.8 Å². The van der Waals surface area contributed by atoms with Crippen LogP contribution in [0.5, 0.6) is 0 Å². The van der Waals surface area contributed by atoms with Gasteiger partial charge in [0.25, 0.3) is 0 Å². The fourth-order valence-corrected chi connectivity index (χ4v) is 1.07. The number of esters is 1. The summed E-state index contributed by atoms with van der Waals surface area (Å²) in [5.41, 5.74) is 0. The molecular formula is C7H12O3S. The molecule has 64 valence electrons. The van der Waals surface area contributed by atoms with Gasteiger partial charge < -0.3 is 4.74 Å². The number of aldehydes is 1. The van der Waals surface area contributed by atoms with Gasteiger partial charge in [-0.2, -0.15) is 11.8 Å². The average Bonchev–Trinajstić information content (AvgIpc) is 1.97. The molecule has 0 aromatic carbocycles. The highest BCUT2D eigenvalue weighted by Gasteiger charge is 2.08. The van der Waals surface area contributed by atoms with Crippen LogP contribution in [0.15, 0.2) is 0 Å². The maximum Gasteiger partial charge on any atom is 0.303 e.